The van der Waals surface area contributed by atoms with Gasteiger partial charge >= 0.3 is 5.97 Å². The van der Waals surface area contributed by atoms with Crippen molar-refractivity contribution in [2.75, 3.05) is 28.4 Å². The zero-order valence-corrected chi connectivity index (χ0v) is 12.0. The monoisotopic (exact) mass is 282 g/mol. The number of ether oxygens (including phenoxy) is 4. The third kappa shape index (κ3) is 3.63. The molecule has 0 radical (unpaired) electrons. The summed E-state index contributed by atoms with van der Waals surface area (Å²) in [5.74, 6) is 0.604. The Morgan fingerprint density at radius 3 is 1.90 bits per heavy atom. The maximum absolute atomic E-state index is 12.1. The van der Waals surface area contributed by atoms with Crippen LogP contribution in [0.25, 0.3) is 0 Å². The number of hydrogen-bond donors (Lipinski definition) is 0. The summed E-state index contributed by atoms with van der Waals surface area (Å²) in [6.07, 6.45) is 0.0609. The molecule has 1 aromatic rings. The van der Waals surface area contributed by atoms with E-state index in [4.69, 9.17) is 14.2 Å². The molecule has 0 spiro atoms. The summed E-state index contributed by atoms with van der Waals surface area (Å²) >= 11 is 0. The van der Waals surface area contributed by atoms with Gasteiger partial charge < -0.3 is 18.9 Å². The fourth-order valence-electron chi connectivity index (χ4n) is 1.70. The number of hydrogen-bond acceptors (Lipinski definition) is 6. The fraction of sp³-hybridized carbons (Fsp3) is 0.429. The highest BCUT2D eigenvalue weighted by molar-refractivity contribution is 6.00. The van der Waals surface area contributed by atoms with Crippen molar-refractivity contribution in [3.05, 3.63) is 17.7 Å². The molecule has 0 heterocycles. The van der Waals surface area contributed by atoms with Gasteiger partial charge in [0.1, 0.15) is 5.75 Å². The van der Waals surface area contributed by atoms with Gasteiger partial charge in [0.25, 0.3) is 0 Å². The Morgan fingerprint density at radius 2 is 1.40 bits per heavy atom. The summed E-state index contributed by atoms with van der Waals surface area (Å²) in [5, 5.41) is 0. The van der Waals surface area contributed by atoms with E-state index in [0.717, 1.165) is 0 Å². The minimum absolute atomic E-state index is 0.0207. The van der Waals surface area contributed by atoms with E-state index in [0.29, 0.717) is 22.8 Å². The van der Waals surface area contributed by atoms with E-state index in [1.807, 2.05) is 0 Å². The van der Waals surface area contributed by atoms with Crippen molar-refractivity contribution in [3.8, 4) is 17.2 Å². The Morgan fingerprint density at radius 1 is 0.850 bits per heavy atom. The molecule has 0 saturated carbocycles. The number of carbonyl (C=O) groups excluding carboxylic acids is 2. The molecule has 6 nitrogen and oxygen atoms in total. The second-order valence-electron chi connectivity index (χ2n) is 3.91. The number of ketones is 1. The minimum Gasteiger partial charge on any atom is -0.496 e. The van der Waals surface area contributed by atoms with Crippen LogP contribution in [0.15, 0.2) is 12.1 Å². The molecule has 0 unspecified atom stereocenters. The topological polar surface area (TPSA) is 71.1 Å². The minimum atomic E-state index is -0.433. The molecule has 0 saturated heterocycles. The van der Waals surface area contributed by atoms with Crippen LogP contribution in [0.2, 0.25) is 0 Å². The lowest BCUT2D eigenvalue weighted by Crippen LogP contribution is -2.08. The second-order valence-corrected chi connectivity index (χ2v) is 3.91. The second kappa shape index (κ2) is 7.37. The van der Waals surface area contributed by atoms with Gasteiger partial charge in [-0.15, -0.1) is 0 Å². The van der Waals surface area contributed by atoms with Gasteiger partial charge in [0.2, 0.25) is 0 Å². The van der Waals surface area contributed by atoms with E-state index in [1.54, 1.807) is 6.07 Å². The molecule has 20 heavy (non-hydrogen) atoms. The van der Waals surface area contributed by atoms with Crippen LogP contribution >= 0.6 is 0 Å². The molecule has 0 N–H and O–H groups in total. The number of Topliss-reactive ketones (excluding diaryl/α,β-unsaturated/α-hetero) is 1. The van der Waals surface area contributed by atoms with Crippen molar-refractivity contribution in [2.45, 2.75) is 12.8 Å². The third-order valence-electron chi connectivity index (χ3n) is 2.79. The van der Waals surface area contributed by atoms with Crippen LogP contribution in [0, 0.1) is 0 Å². The SMILES string of the molecule is COC(=O)CCC(=O)c1cc(OC)c(OC)cc1OC. The molecular weight excluding hydrogens is 264 g/mol. The zero-order valence-electron chi connectivity index (χ0n) is 12.0. The molecule has 0 fully saturated rings. The highest BCUT2D eigenvalue weighted by Gasteiger charge is 2.18. The van der Waals surface area contributed by atoms with Crippen molar-refractivity contribution in [1.82, 2.24) is 0 Å². The van der Waals surface area contributed by atoms with Crippen molar-refractivity contribution in [2.24, 2.45) is 0 Å². The van der Waals surface area contributed by atoms with E-state index in [1.165, 1.54) is 34.5 Å². The molecule has 1 aromatic carbocycles. The van der Waals surface area contributed by atoms with Crippen LogP contribution in [-0.4, -0.2) is 40.2 Å². The summed E-state index contributed by atoms with van der Waals surface area (Å²) in [6, 6.07) is 3.11. The average Bonchev–Trinajstić information content (AvgIpc) is 2.50. The number of esters is 1. The Labute approximate surface area is 117 Å². The van der Waals surface area contributed by atoms with E-state index in [9.17, 15) is 9.59 Å². The number of methoxy groups -OCH3 is 4. The van der Waals surface area contributed by atoms with E-state index in [2.05, 4.69) is 4.74 Å². The predicted octanol–water partition coefficient (Wildman–Crippen LogP) is 1.85. The Hall–Kier alpha value is -2.24. The van der Waals surface area contributed by atoms with Crippen LogP contribution in [0.1, 0.15) is 23.2 Å². The van der Waals surface area contributed by atoms with Crippen LogP contribution in [0.5, 0.6) is 17.2 Å². The molecule has 0 aliphatic rings. The summed E-state index contributed by atoms with van der Waals surface area (Å²) in [7, 11) is 5.71. The first-order valence-electron chi connectivity index (χ1n) is 5.97. The van der Waals surface area contributed by atoms with Gasteiger partial charge in [-0.25, -0.2) is 0 Å². The van der Waals surface area contributed by atoms with Gasteiger partial charge in [-0.05, 0) is 6.07 Å². The lowest BCUT2D eigenvalue weighted by atomic mass is 10.0. The first kappa shape index (κ1) is 15.8. The van der Waals surface area contributed by atoms with Gasteiger partial charge in [-0.3, -0.25) is 9.59 Å². The molecule has 0 bridgehead atoms. The molecule has 0 amide bonds. The van der Waals surface area contributed by atoms with Crippen molar-refractivity contribution >= 4 is 11.8 Å². The van der Waals surface area contributed by atoms with Gasteiger partial charge in [0.05, 0.1) is 40.4 Å². The first-order valence-corrected chi connectivity index (χ1v) is 5.97. The van der Waals surface area contributed by atoms with Gasteiger partial charge in [0, 0.05) is 12.5 Å². The Bertz CT molecular complexity index is 495. The Balaban J connectivity index is 3.03. The molecule has 6 heteroatoms. The van der Waals surface area contributed by atoms with Crippen LogP contribution in [0.3, 0.4) is 0 Å². The zero-order chi connectivity index (χ0) is 15.1. The standard InChI is InChI=1S/C14H18O6/c1-17-11-8-13(19-3)12(18-2)7-9(11)10(15)5-6-14(16)20-4/h7-8H,5-6H2,1-4H3. The highest BCUT2D eigenvalue weighted by atomic mass is 16.5. The molecule has 110 valence electrons. The van der Waals surface area contributed by atoms with Gasteiger partial charge in [0.15, 0.2) is 17.3 Å². The first-order chi connectivity index (χ1) is 9.57. The average molecular weight is 282 g/mol. The highest BCUT2D eigenvalue weighted by Crippen LogP contribution is 2.35. The third-order valence-corrected chi connectivity index (χ3v) is 2.79. The summed E-state index contributed by atoms with van der Waals surface area (Å²) in [6.45, 7) is 0. The molecule has 0 aliphatic carbocycles. The number of rotatable bonds is 7. The van der Waals surface area contributed by atoms with Gasteiger partial charge in [-0.1, -0.05) is 0 Å². The predicted molar refractivity (Wildman–Crippen MR) is 71.7 cm³/mol. The molecule has 0 aliphatic heterocycles. The summed E-state index contributed by atoms with van der Waals surface area (Å²) in [5.41, 5.74) is 0.342. The van der Waals surface area contributed by atoms with E-state index >= 15 is 0 Å². The number of carbonyl (C=O) groups is 2. The fourth-order valence-corrected chi connectivity index (χ4v) is 1.70. The lowest BCUT2D eigenvalue weighted by Gasteiger charge is -2.13. The maximum atomic E-state index is 12.1. The van der Waals surface area contributed by atoms with Crippen molar-refractivity contribution in [3.63, 3.8) is 0 Å². The van der Waals surface area contributed by atoms with Gasteiger partial charge in [-0.2, -0.15) is 0 Å². The van der Waals surface area contributed by atoms with Crippen LogP contribution in [0.4, 0.5) is 0 Å². The van der Waals surface area contributed by atoms with Crippen molar-refractivity contribution in [1.29, 1.82) is 0 Å². The largest absolute Gasteiger partial charge is 0.496 e. The summed E-state index contributed by atoms with van der Waals surface area (Å²) in [4.78, 5) is 23.2. The maximum Gasteiger partial charge on any atom is 0.305 e. The normalized spacial score (nSPS) is 9.80. The molecule has 1 rings (SSSR count). The summed E-state index contributed by atoms with van der Waals surface area (Å²) < 4.78 is 20.0. The van der Waals surface area contributed by atoms with E-state index in [-0.39, 0.29) is 18.6 Å². The van der Waals surface area contributed by atoms with Crippen LogP contribution in [-0.2, 0) is 9.53 Å². The molecule has 0 atom stereocenters. The molecular formula is C14H18O6. The van der Waals surface area contributed by atoms with Crippen LogP contribution < -0.4 is 14.2 Å². The molecule has 0 aromatic heterocycles. The quantitative estimate of drug-likeness (QED) is 0.561. The smallest absolute Gasteiger partial charge is 0.305 e. The lowest BCUT2D eigenvalue weighted by molar-refractivity contribution is -0.140. The van der Waals surface area contributed by atoms with E-state index < -0.39 is 5.97 Å². The number of benzene rings is 1. The Kier molecular flexibility index (Phi) is 5.83. The van der Waals surface area contributed by atoms with Crippen molar-refractivity contribution < 1.29 is 28.5 Å².